The Hall–Kier alpha value is -5.44. The second-order valence-electron chi connectivity index (χ2n) is 13.5. The molecule has 4 aromatic rings. The number of nitrogens with zero attached hydrogens (tertiary/aromatic N) is 3. The highest BCUT2D eigenvalue weighted by atomic mass is 32.1. The van der Waals surface area contributed by atoms with Crippen molar-refractivity contribution >= 4 is 50.8 Å². The smallest absolute Gasteiger partial charge is 0.389 e. The fraction of sp³-hybridized carbons (Fsp3) is 0.405. The van der Waals surface area contributed by atoms with Crippen LogP contribution in [0.5, 0.6) is 23.0 Å². The summed E-state index contributed by atoms with van der Waals surface area (Å²) in [6.45, 7) is 4.25. The minimum Gasteiger partial charge on any atom is -0.496 e. The van der Waals surface area contributed by atoms with Gasteiger partial charge in [0.1, 0.15) is 23.0 Å². The largest absolute Gasteiger partial charge is 0.496 e. The number of fused-ring (bicyclic) bond motifs is 1. The third-order valence-electron chi connectivity index (χ3n) is 9.24. The number of anilines is 1. The molecule has 0 spiro atoms. The SMILES string of the molecule is C=CC(=O)OCCCCCCOc1ccc(OC(=O)C2CCC(C(=O)Oc3ccc(OC)c(/C=N/N(CCCC(F)(F)F)c4nc5ccccc5s4)c3)CC2)cc1. The molecule has 0 bridgehead atoms. The van der Waals surface area contributed by atoms with Crippen LogP contribution in [-0.4, -0.2) is 62.2 Å². The number of rotatable bonds is 20. The maximum Gasteiger partial charge on any atom is 0.389 e. The van der Waals surface area contributed by atoms with Crippen molar-refractivity contribution in [3.05, 3.63) is 84.9 Å². The Kier molecular flexibility index (Phi) is 15.9. The van der Waals surface area contributed by atoms with E-state index in [-0.39, 0.29) is 30.6 Å². The summed E-state index contributed by atoms with van der Waals surface area (Å²) in [6, 6.07) is 19.1. The first-order valence-electron chi connectivity index (χ1n) is 18.9. The average molecular weight is 810 g/mol. The van der Waals surface area contributed by atoms with E-state index >= 15 is 0 Å². The van der Waals surface area contributed by atoms with Crippen LogP contribution in [0.15, 0.2) is 84.5 Å². The number of carbonyl (C=O) groups is 3. The summed E-state index contributed by atoms with van der Waals surface area (Å²) in [5, 5.41) is 6.37. The highest BCUT2D eigenvalue weighted by Crippen LogP contribution is 2.33. The summed E-state index contributed by atoms with van der Waals surface area (Å²) in [5.41, 5.74) is 1.17. The van der Waals surface area contributed by atoms with E-state index in [1.165, 1.54) is 29.7 Å². The highest BCUT2D eigenvalue weighted by Gasteiger charge is 2.32. The minimum absolute atomic E-state index is 0.0214. The number of aromatic nitrogens is 1. The first kappa shape index (κ1) is 42.7. The summed E-state index contributed by atoms with van der Waals surface area (Å²) in [7, 11) is 1.47. The van der Waals surface area contributed by atoms with Crippen LogP contribution in [0.25, 0.3) is 10.2 Å². The van der Waals surface area contributed by atoms with Gasteiger partial charge < -0.3 is 23.7 Å². The molecule has 11 nitrogen and oxygen atoms in total. The molecule has 0 atom stereocenters. The number of esters is 3. The van der Waals surface area contributed by atoms with Crippen molar-refractivity contribution in [1.82, 2.24) is 4.98 Å². The van der Waals surface area contributed by atoms with Gasteiger partial charge in [0.2, 0.25) is 5.13 Å². The quantitative estimate of drug-likeness (QED) is 0.0213. The normalized spacial score (nSPS) is 15.6. The molecule has 1 aliphatic rings. The van der Waals surface area contributed by atoms with Crippen molar-refractivity contribution in [2.75, 3.05) is 31.9 Å². The third kappa shape index (κ3) is 13.6. The van der Waals surface area contributed by atoms with E-state index < -0.39 is 30.5 Å². The van der Waals surface area contributed by atoms with E-state index in [1.54, 1.807) is 42.5 Å². The summed E-state index contributed by atoms with van der Waals surface area (Å²) in [4.78, 5) is 41.8. The van der Waals surface area contributed by atoms with Crippen LogP contribution in [-0.2, 0) is 19.1 Å². The number of hydrogen-bond donors (Lipinski definition) is 0. The fourth-order valence-electron chi connectivity index (χ4n) is 6.16. The molecule has 0 N–H and O–H groups in total. The van der Waals surface area contributed by atoms with Gasteiger partial charge in [-0.2, -0.15) is 18.3 Å². The number of thiazole rings is 1. The van der Waals surface area contributed by atoms with Crippen molar-refractivity contribution in [3.63, 3.8) is 0 Å². The molecule has 1 heterocycles. The molecule has 0 saturated heterocycles. The summed E-state index contributed by atoms with van der Waals surface area (Å²) >= 11 is 1.32. The molecule has 1 saturated carbocycles. The van der Waals surface area contributed by atoms with Gasteiger partial charge in [-0.05, 0) is 112 Å². The Labute approximate surface area is 333 Å². The lowest BCUT2D eigenvalue weighted by molar-refractivity contribution is -0.145. The molecule has 1 aromatic heterocycles. The molecule has 0 aliphatic heterocycles. The van der Waals surface area contributed by atoms with Crippen LogP contribution < -0.4 is 24.0 Å². The van der Waals surface area contributed by atoms with E-state index in [4.69, 9.17) is 23.7 Å². The third-order valence-corrected chi connectivity index (χ3v) is 10.3. The van der Waals surface area contributed by atoms with Crippen LogP contribution in [0, 0.1) is 11.8 Å². The van der Waals surface area contributed by atoms with Crippen molar-refractivity contribution < 1.29 is 51.2 Å². The van der Waals surface area contributed by atoms with Crippen molar-refractivity contribution in [1.29, 1.82) is 0 Å². The maximum absolute atomic E-state index is 13.2. The van der Waals surface area contributed by atoms with Crippen LogP contribution in [0.4, 0.5) is 18.3 Å². The number of benzene rings is 3. The van der Waals surface area contributed by atoms with E-state index in [0.29, 0.717) is 72.4 Å². The lowest BCUT2D eigenvalue weighted by atomic mass is 9.82. The van der Waals surface area contributed by atoms with Gasteiger partial charge in [-0.1, -0.05) is 30.0 Å². The number of carbonyl (C=O) groups excluding carboxylic acids is 3. The van der Waals surface area contributed by atoms with Crippen molar-refractivity contribution in [3.8, 4) is 23.0 Å². The van der Waals surface area contributed by atoms with Gasteiger partial charge in [0.25, 0.3) is 0 Å². The number of halogens is 3. The zero-order chi connectivity index (χ0) is 40.6. The van der Waals surface area contributed by atoms with Gasteiger partial charge in [-0.25, -0.2) is 14.8 Å². The number of alkyl halides is 3. The Morgan fingerprint density at radius 2 is 1.49 bits per heavy atom. The van der Waals surface area contributed by atoms with Gasteiger partial charge in [0.05, 0.1) is 48.6 Å². The first-order chi connectivity index (χ1) is 27.5. The molecule has 0 radical (unpaired) electrons. The maximum atomic E-state index is 13.2. The summed E-state index contributed by atoms with van der Waals surface area (Å²) in [5.74, 6) is -0.219. The minimum atomic E-state index is -4.30. The van der Waals surface area contributed by atoms with E-state index in [9.17, 15) is 27.6 Å². The average Bonchev–Trinajstić information content (AvgIpc) is 3.64. The first-order valence-corrected chi connectivity index (χ1v) is 19.7. The number of hydrogen-bond acceptors (Lipinski definition) is 12. The lowest BCUT2D eigenvalue weighted by Crippen LogP contribution is -2.30. The van der Waals surface area contributed by atoms with E-state index in [0.717, 1.165) is 36.5 Å². The van der Waals surface area contributed by atoms with E-state index in [2.05, 4.69) is 16.7 Å². The van der Waals surface area contributed by atoms with E-state index in [1.807, 2.05) is 24.3 Å². The highest BCUT2D eigenvalue weighted by molar-refractivity contribution is 7.22. The number of para-hydroxylation sites is 1. The predicted octanol–water partition coefficient (Wildman–Crippen LogP) is 9.47. The molecule has 5 rings (SSSR count). The molecule has 1 fully saturated rings. The predicted molar refractivity (Wildman–Crippen MR) is 211 cm³/mol. The molecule has 304 valence electrons. The Bertz CT molecular complexity index is 1940. The van der Waals surface area contributed by atoms with Crippen LogP contribution in [0.3, 0.4) is 0 Å². The van der Waals surface area contributed by atoms with Gasteiger partial charge in [0.15, 0.2) is 0 Å². The second kappa shape index (κ2) is 21.2. The van der Waals surface area contributed by atoms with Gasteiger partial charge >= 0.3 is 24.1 Å². The molecule has 0 unspecified atom stereocenters. The Morgan fingerprint density at radius 3 is 2.14 bits per heavy atom. The Morgan fingerprint density at radius 1 is 0.860 bits per heavy atom. The monoisotopic (exact) mass is 809 g/mol. The van der Waals surface area contributed by atoms with Gasteiger partial charge in [-0.15, -0.1) is 0 Å². The second-order valence-corrected chi connectivity index (χ2v) is 14.5. The zero-order valence-electron chi connectivity index (χ0n) is 31.7. The van der Waals surface area contributed by atoms with Crippen molar-refractivity contribution in [2.45, 2.75) is 70.4 Å². The van der Waals surface area contributed by atoms with Gasteiger partial charge in [0, 0.05) is 24.6 Å². The van der Waals surface area contributed by atoms with Crippen LogP contribution in [0.1, 0.15) is 69.8 Å². The molecular formula is C42H46F3N3O8S. The summed E-state index contributed by atoms with van der Waals surface area (Å²) < 4.78 is 67.4. The topological polar surface area (TPSA) is 126 Å². The Balaban J connectivity index is 1.08. The molecule has 0 amide bonds. The van der Waals surface area contributed by atoms with Crippen LogP contribution >= 0.6 is 11.3 Å². The molecule has 1 aliphatic carbocycles. The molecule has 15 heteroatoms. The molecule has 3 aromatic carbocycles. The zero-order valence-corrected chi connectivity index (χ0v) is 32.5. The van der Waals surface area contributed by atoms with Crippen LogP contribution in [0.2, 0.25) is 0 Å². The standard InChI is InChI=1S/C42H46F3N3O8S/c1-3-38(49)54-26-9-5-4-8-25-53-32-17-19-33(20-18-32)55-39(50)29-13-15-30(16-14-29)40(51)56-34-21-22-36(52-2)31(27-34)28-46-48(24-10-23-42(43,44)45)41-47-35-11-6-7-12-37(35)57-41/h3,6-7,11-12,17-22,27-30H,1,4-5,8-10,13-16,23-26H2,2H3/b46-28+. The fourth-order valence-corrected chi connectivity index (χ4v) is 7.11. The van der Waals surface area contributed by atoms with Gasteiger partial charge in [-0.3, -0.25) is 9.59 Å². The van der Waals surface area contributed by atoms with Crippen molar-refractivity contribution in [2.24, 2.45) is 16.9 Å². The molecular weight excluding hydrogens is 764 g/mol. The molecule has 57 heavy (non-hydrogen) atoms. The summed E-state index contributed by atoms with van der Waals surface area (Å²) in [6.07, 6.45) is 2.47. The number of hydrazone groups is 1. The lowest BCUT2D eigenvalue weighted by Gasteiger charge is -2.25. The number of unbranched alkanes of at least 4 members (excludes halogenated alkanes) is 3. The number of methoxy groups -OCH3 is 1. The number of ether oxygens (including phenoxy) is 5.